The van der Waals surface area contributed by atoms with E-state index in [-0.39, 0.29) is 18.1 Å². The Kier molecular flexibility index (Phi) is 4.98. The highest BCUT2D eigenvalue weighted by Gasteiger charge is 2.20. The minimum Gasteiger partial charge on any atom is -0.493 e. The van der Waals surface area contributed by atoms with Crippen molar-refractivity contribution in [3.05, 3.63) is 22.8 Å². The van der Waals surface area contributed by atoms with Crippen molar-refractivity contribution in [3.8, 4) is 11.5 Å². The average molecular weight is 314 g/mol. The number of carbonyl (C=O) groups is 1. The normalized spacial score (nSPS) is 10.7. The first-order valence-corrected chi connectivity index (χ1v) is 6.94. The van der Waals surface area contributed by atoms with E-state index in [1.54, 1.807) is 6.07 Å². The highest BCUT2D eigenvalue weighted by atomic mass is 32.1. The van der Waals surface area contributed by atoms with E-state index in [0.29, 0.717) is 21.6 Å². The fourth-order valence-corrected chi connectivity index (χ4v) is 2.81. The van der Waals surface area contributed by atoms with Gasteiger partial charge in [-0.15, -0.1) is 11.3 Å². The lowest BCUT2D eigenvalue weighted by Crippen LogP contribution is -2.08. The molecule has 1 aromatic heterocycles. The summed E-state index contributed by atoms with van der Waals surface area (Å²) in [6, 6.07) is 3.08. The van der Waals surface area contributed by atoms with Gasteiger partial charge in [-0.3, -0.25) is 0 Å². The van der Waals surface area contributed by atoms with Gasteiger partial charge in [0.25, 0.3) is 0 Å². The van der Waals surface area contributed by atoms with Crippen molar-refractivity contribution < 1.29 is 28.1 Å². The summed E-state index contributed by atoms with van der Waals surface area (Å²) in [6.07, 6.45) is 0. The van der Waals surface area contributed by atoms with Gasteiger partial charge >= 0.3 is 5.97 Å². The van der Waals surface area contributed by atoms with E-state index in [1.807, 2.05) is 0 Å². The van der Waals surface area contributed by atoms with Crippen molar-refractivity contribution in [3.63, 3.8) is 0 Å². The number of hydrogen-bond acceptors (Lipinski definition) is 6. The second-order valence-corrected chi connectivity index (χ2v) is 5.16. The molecule has 1 aromatic carbocycles. The topological polar surface area (TPSA) is 54.0 Å². The predicted octanol–water partition coefficient (Wildman–Crippen LogP) is 2.86. The van der Waals surface area contributed by atoms with E-state index in [2.05, 4.69) is 0 Å². The highest BCUT2D eigenvalue weighted by molar-refractivity contribution is 7.20. The lowest BCUT2D eigenvalue weighted by atomic mass is 10.2. The molecule has 0 fully saturated rings. The largest absolute Gasteiger partial charge is 0.493 e. The zero-order chi connectivity index (χ0) is 15.4. The van der Waals surface area contributed by atoms with Crippen molar-refractivity contribution in [1.29, 1.82) is 0 Å². The summed E-state index contributed by atoms with van der Waals surface area (Å²) >= 11 is 1.14. The molecule has 0 radical (unpaired) electrons. The Bertz CT molecular complexity index is 652. The maximum atomic E-state index is 14.3. The number of methoxy groups -OCH3 is 3. The first-order chi connectivity index (χ1) is 10.1. The Balaban J connectivity index is 2.37. The molecule has 0 amide bonds. The van der Waals surface area contributed by atoms with Crippen molar-refractivity contribution in [1.82, 2.24) is 0 Å². The number of fused-ring (bicyclic) bond motifs is 1. The van der Waals surface area contributed by atoms with Gasteiger partial charge in [-0.05, 0) is 6.07 Å². The molecule has 0 spiro atoms. The molecule has 0 aliphatic heterocycles. The van der Waals surface area contributed by atoms with Gasteiger partial charge in [0, 0.05) is 23.3 Å². The Morgan fingerprint density at radius 3 is 2.57 bits per heavy atom. The van der Waals surface area contributed by atoms with E-state index in [1.165, 1.54) is 27.4 Å². The van der Waals surface area contributed by atoms with Crippen LogP contribution in [0.3, 0.4) is 0 Å². The molecular weight excluding hydrogens is 299 g/mol. The van der Waals surface area contributed by atoms with Crippen LogP contribution in [0.5, 0.6) is 11.5 Å². The van der Waals surface area contributed by atoms with Crippen LogP contribution in [0, 0.1) is 5.82 Å². The number of thiophene rings is 1. The molecule has 0 atom stereocenters. The molecule has 0 N–H and O–H groups in total. The van der Waals surface area contributed by atoms with Crippen LogP contribution in [-0.2, 0) is 9.47 Å². The number of benzene rings is 1. The van der Waals surface area contributed by atoms with E-state index in [4.69, 9.17) is 18.9 Å². The second-order valence-electron chi connectivity index (χ2n) is 4.08. The minimum atomic E-state index is -0.556. The number of esters is 1. The Hall–Kier alpha value is -1.86. The van der Waals surface area contributed by atoms with Crippen LogP contribution in [0.4, 0.5) is 4.39 Å². The first-order valence-electron chi connectivity index (χ1n) is 6.12. The third kappa shape index (κ3) is 3.08. The van der Waals surface area contributed by atoms with Crippen molar-refractivity contribution in [2.24, 2.45) is 0 Å². The maximum Gasteiger partial charge on any atom is 0.348 e. The SMILES string of the molecule is COCCOC(=O)c1cc2c(F)c(OC)c(OC)cc2s1. The summed E-state index contributed by atoms with van der Waals surface area (Å²) < 4.78 is 34.8. The maximum absolute atomic E-state index is 14.3. The first kappa shape index (κ1) is 15.5. The smallest absolute Gasteiger partial charge is 0.348 e. The van der Waals surface area contributed by atoms with Crippen LogP contribution in [-0.4, -0.2) is 40.5 Å². The molecule has 0 aliphatic rings. The number of halogens is 1. The Labute approximate surface area is 125 Å². The number of rotatable bonds is 6. The van der Waals surface area contributed by atoms with Crippen LogP contribution < -0.4 is 9.47 Å². The number of hydrogen-bond donors (Lipinski definition) is 0. The molecule has 114 valence electrons. The van der Waals surface area contributed by atoms with Crippen LogP contribution >= 0.6 is 11.3 Å². The molecule has 0 bridgehead atoms. The molecular formula is C14H15FO5S. The third-order valence-corrected chi connectivity index (χ3v) is 3.89. The lowest BCUT2D eigenvalue weighted by molar-refractivity contribution is 0.0393. The molecule has 0 saturated carbocycles. The molecule has 2 rings (SSSR count). The van der Waals surface area contributed by atoms with Crippen LogP contribution in [0.15, 0.2) is 12.1 Å². The number of carbonyl (C=O) groups excluding carboxylic acids is 1. The molecule has 0 saturated heterocycles. The molecule has 0 aliphatic carbocycles. The molecule has 0 unspecified atom stereocenters. The molecule has 1 heterocycles. The molecule has 5 nitrogen and oxygen atoms in total. The van der Waals surface area contributed by atoms with Gasteiger partial charge in [-0.25, -0.2) is 9.18 Å². The summed E-state index contributed by atoms with van der Waals surface area (Å²) in [5.41, 5.74) is 0. The molecule has 7 heteroatoms. The second kappa shape index (κ2) is 6.73. The third-order valence-electron chi connectivity index (χ3n) is 2.83. The van der Waals surface area contributed by atoms with Crippen molar-refractivity contribution in [2.75, 3.05) is 34.5 Å². The summed E-state index contributed by atoms with van der Waals surface area (Å²) in [4.78, 5) is 12.2. The van der Waals surface area contributed by atoms with Crippen molar-refractivity contribution >= 4 is 27.4 Å². The zero-order valence-corrected chi connectivity index (χ0v) is 12.7. The van der Waals surface area contributed by atoms with E-state index >= 15 is 0 Å². The molecule has 21 heavy (non-hydrogen) atoms. The predicted molar refractivity (Wildman–Crippen MR) is 77.0 cm³/mol. The van der Waals surface area contributed by atoms with Gasteiger partial charge in [-0.1, -0.05) is 0 Å². The summed E-state index contributed by atoms with van der Waals surface area (Å²) in [6.45, 7) is 0.464. The Morgan fingerprint density at radius 2 is 1.95 bits per heavy atom. The zero-order valence-electron chi connectivity index (χ0n) is 11.9. The minimum absolute atomic E-state index is 0.0158. The van der Waals surface area contributed by atoms with Crippen LogP contribution in [0.25, 0.3) is 10.1 Å². The van der Waals surface area contributed by atoms with Gasteiger partial charge in [-0.2, -0.15) is 0 Å². The van der Waals surface area contributed by atoms with Crippen LogP contribution in [0.2, 0.25) is 0 Å². The quantitative estimate of drug-likeness (QED) is 0.606. The summed E-state index contributed by atoms with van der Waals surface area (Å²) in [5.74, 6) is -0.768. The van der Waals surface area contributed by atoms with Gasteiger partial charge in [0.1, 0.15) is 11.5 Å². The van der Waals surface area contributed by atoms with Gasteiger partial charge in [0.05, 0.1) is 20.8 Å². The monoisotopic (exact) mass is 314 g/mol. The standard InChI is InChI=1S/C14H15FO5S/c1-17-4-5-20-14(16)11-6-8-10(21-11)7-9(18-2)13(19-3)12(8)15/h6-7H,4-5H2,1-3H3. The van der Waals surface area contributed by atoms with E-state index in [9.17, 15) is 9.18 Å². The number of ether oxygens (including phenoxy) is 4. The lowest BCUT2D eigenvalue weighted by Gasteiger charge is -2.08. The summed E-state index contributed by atoms with van der Waals surface area (Å²) in [5, 5.41) is 0.302. The molecule has 2 aromatic rings. The van der Waals surface area contributed by atoms with Gasteiger partial charge < -0.3 is 18.9 Å². The van der Waals surface area contributed by atoms with Crippen LogP contribution in [0.1, 0.15) is 9.67 Å². The highest BCUT2D eigenvalue weighted by Crippen LogP contribution is 2.39. The van der Waals surface area contributed by atoms with E-state index < -0.39 is 11.8 Å². The fourth-order valence-electron chi connectivity index (χ4n) is 1.83. The van der Waals surface area contributed by atoms with Gasteiger partial charge in [0.15, 0.2) is 17.3 Å². The van der Waals surface area contributed by atoms with Crippen molar-refractivity contribution in [2.45, 2.75) is 0 Å². The average Bonchev–Trinajstić information content (AvgIpc) is 2.91. The Morgan fingerprint density at radius 1 is 1.19 bits per heavy atom. The fraction of sp³-hybridized carbons (Fsp3) is 0.357. The summed E-state index contributed by atoms with van der Waals surface area (Å²) in [7, 11) is 4.30. The van der Waals surface area contributed by atoms with E-state index in [0.717, 1.165) is 11.3 Å². The van der Waals surface area contributed by atoms with Gasteiger partial charge in [0.2, 0.25) is 0 Å².